The molecule has 93 heavy (non-hydrogen) atoms. The maximum absolute atomic E-state index is 12.9. The van der Waals surface area contributed by atoms with Crippen molar-refractivity contribution in [2.45, 2.75) is 322 Å². The molecule has 0 radical (unpaired) electrons. The second kappa shape index (κ2) is 73.0. The zero-order valence-corrected chi connectivity index (χ0v) is 60.6. The molecule has 0 aliphatic rings. The quantitative estimate of drug-likeness (QED) is 0.0195. The van der Waals surface area contributed by atoms with E-state index < -0.39 is 24.3 Å². The summed E-state index contributed by atoms with van der Waals surface area (Å²) in [5.41, 5.74) is 0. The lowest BCUT2D eigenvalue weighted by atomic mass is 10.0. The monoisotopic (exact) mass is 1290 g/mol. The van der Waals surface area contributed by atoms with Crippen LogP contribution in [0.25, 0.3) is 0 Å². The number of allylic oxidation sites excluding steroid dienone is 24. The first-order valence-corrected chi connectivity index (χ1v) is 38.0. The summed E-state index contributed by atoms with van der Waals surface area (Å²) in [7, 11) is 5.92. The van der Waals surface area contributed by atoms with Crippen LogP contribution in [0.5, 0.6) is 0 Å². The highest BCUT2D eigenvalue weighted by Crippen LogP contribution is 2.18. The Morgan fingerprint density at radius 1 is 0.323 bits per heavy atom. The topological polar surface area (TPSA) is 111 Å². The van der Waals surface area contributed by atoms with Gasteiger partial charge >= 0.3 is 11.9 Å². The number of carbonyl (C=O) groups is 3. The minimum absolute atomic E-state index is 0.138. The Kier molecular flexibility index (Phi) is 69.2. The molecule has 0 fully saturated rings. The SMILES string of the molecule is CC/C=C\C/C=C\C/C=C\C/C=C\C/C=C\C/C=C\C/C=C\CCCCCCCC(=O)OC(COC(=O)CCCCCCCCCCCCCCCCCCCCCCCCCCC/C=C\C/C=C\C/C=C\C/C=C\C/C=C\CC)COC(OCC[N+](C)(C)C)C(=O)[O-]. The van der Waals surface area contributed by atoms with Crippen molar-refractivity contribution in [2.75, 3.05) is 47.5 Å². The van der Waals surface area contributed by atoms with E-state index in [2.05, 4.69) is 160 Å². The maximum Gasteiger partial charge on any atom is 0.306 e. The zero-order valence-electron chi connectivity index (χ0n) is 60.6. The number of hydrogen-bond acceptors (Lipinski definition) is 8. The summed E-state index contributed by atoms with van der Waals surface area (Å²) in [5.74, 6) is -2.31. The molecule has 0 saturated heterocycles. The molecule has 9 heteroatoms. The molecule has 530 valence electrons. The molecule has 0 aliphatic heterocycles. The molecule has 2 atom stereocenters. The number of aliphatic carboxylic acids is 1. The van der Waals surface area contributed by atoms with Gasteiger partial charge in [0, 0.05) is 12.8 Å². The number of carboxylic acids is 1. The average Bonchev–Trinajstić information content (AvgIpc) is 3.38. The van der Waals surface area contributed by atoms with Crippen molar-refractivity contribution in [1.29, 1.82) is 0 Å². The van der Waals surface area contributed by atoms with Gasteiger partial charge in [-0.15, -0.1) is 0 Å². The number of unbranched alkanes of at least 4 members (excludes halogenated alkanes) is 30. The number of carbonyl (C=O) groups excluding carboxylic acids is 3. The first-order chi connectivity index (χ1) is 45.6. The second-order valence-electron chi connectivity index (χ2n) is 26.2. The summed E-state index contributed by atoms with van der Waals surface area (Å²) in [6.07, 6.45) is 104. The normalized spacial score (nSPS) is 13.5. The Labute approximate surface area is 572 Å². The summed E-state index contributed by atoms with van der Waals surface area (Å²) in [4.78, 5) is 37.5. The molecule has 0 heterocycles. The number of nitrogens with zero attached hydrogens (tertiary/aromatic N) is 1. The van der Waals surface area contributed by atoms with E-state index in [-0.39, 0.29) is 38.6 Å². The summed E-state index contributed by atoms with van der Waals surface area (Å²) in [5, 5.41) is 11.8. The van der Waals surface area contributed by atoms with Gasteiger partial charge in [-0.1, -0.05) is 327 Å². The minimum Gasteiger partial charge on any atom is -0.545 e. The smallest absolute Gasteiger partial charge is 0.306 e. The van der Waals surface area contributed by atoms with Crippen LogP contribution in [0.3, 0.4) is 0 Å². The molecule has 0 N–H and O–H groups in total. The van der Waals surface area contributed by atoms with Crippen LogP contribution in [0.2, 0.25) is 0 Å². The van der Waals surface area contributed by atoms with E-state index in [1.54, 1.807) is 0 Å². The summed E-state index contributed by atoms with van der Waals surface area (Å²) < 4.78 is 22.8. The number of likely N-dealkylation sites (N-methyl/N-ethyl adjacent to an activating group) is 1. The minimum atomic E-state index is -1.64. The Hall–Kier alpha value is -4.83. The Morgan fingerprint density at radius 3 is 0.860 bits per heavy atom. The standard InChI is InChI=1S/C84H141NO8/c1-6-8-10-12-14-16-18-20-22-24-26-28-30-32-34-35-36-37-38-39-40-41-42-43-44-45-46-47-49-50-52-54-56-58-60-62-64-66-68-70-72-74-81(86)91-78-80(79-92-84(83(88)89)90-77-76-85(3,4)5)93-82(87)75-73-71-69-67-65-63-61-59-57-55-53-51-48-33-31-29-27-25-23-21-19-17-15-13-11-9-7-2/h8-11,14-17,20-23,26-29,32-34,48,53,55,59,61,80,84H,6-7,12-13,18-19,24-25,30-31,35-47,49-52,54,56-58,60,62-79H2,1-5H3/b10-8-,11-9-,16-14-,17-15-,22-20-,23-21-,28-26-,29-27-,34-32-,48-33-,55-53-,61-59-. The molecular formula is C84H141NO8. The summed E-state index contributed by atoms with van der Waals surface area (Å²) in [6, 6.07) is 0. The number of hydrogen-bond donors (Lipinski definition) is 0. The Bertz CT molecular complexity index is 2040. The molecule has 0 amide bonds. The second-order valence-corrected chi connectivity index (χ2v) is 26.2. The fourth-order valence-corrected chi connectivity index (χ4v) is 10.4. The third-order valence-electron chi connectivity index (χ3n) is 16.1. The van der Waals surface area contributed by atoms with Crippen LogP contribution < -0.4 is 5.11 Å². The molecule has 0 spiro atoms. The van der Waals surface area contributed by atoms with E-state index in [9.17, 15) is 19.5 Å². The van der Waals surface area contributed by atoms with Gasteiger partial charge in [0.05, 0.1) is 40.3 Å². The van der Waals surface area contributed by atoms with Crippen LogP contribution in [0.4, 0.5) is 0 Å². The molecular weight excluding hydrogens is 1150 g/mol. The molecule has 0 bridgehead atoms. The van der Waals surface area contributed by atoms with Crippen molar-refractivity contribution in [3.63, 3.8) is 0 Å². The van der Waals surface area contributed by atoms with Gasteiger partial charge in [-0.25, -0.2) is 0 Å². The molecule has 9 nitrogen and oxygen atoms in total. The predicted octanol–water partition coefficient (Wildman–Crippen LogP) is 22.9. The number of rotatable bonds is 69. The van der Waals surface area contributed by atoms with E-state index >= 15 is 0 Å². The zero-order chi connectivity index (χ0) is 67.5. The van der Waals surface area contributed by atoms with Gasteiger partial charge in [-0.05, 0) is 116 Å². The van der Waals surface area contributed by atoms with Gasteiger partial charge < -0.3 is 33.3 Å². The van der Waals surface area contributed by atoms with Gasteiger partial charge in [0.25, 0.3) is 0 Å². The van der Waals surface area contributed by atoms with Crippen LogP contribution in [-0.2, 0) is 33.3 Å². The first-order valence-electron chi connectivity index (χ1n) is 38.0. The third-order valence-corrected chi connectivity index (χ3v) is 16.1. The maximum atomic E-state index is 12.9. The van der Waals surface area contributed by atoms with E-state index in [1.165, 1.54) is 148 Å². The Morgan fingerprint density at radius 2 is 0.581 bits per heavy atom. The number of esters is 2. The molecule has 0 saturated carbocycles. The molecule has 0 aromatic heterocycles. The van der Waals surface area contributed by atoms with E-state index in [0.717, 1.165) is 128 Å². The van der Waals surface area contributed by atoms with Gasteiger partial charge in [0.15, 0.2) is 12.4 Å². The van der Waals surface area contributed by atoms with Crippen molar-refractivity contribution < 1.29 is 42.9 Å². The van der Waals surface area contributed by atoms with E-state index in [0.29, 0.717) is 17.4 Å². The number of carboxylic acid groups (broad SMARTS) is 1. The highest BCUT2D eigenvalue weighted by Gasteiger charge is 2.22. The fourth-order valence-electron chi connectivity index (χ4n) is 10.4. The van der Waals surface area contributed by atoms with Gasteiger partial charge in [-0.3, -0.25) is 9.59 Å². The molecule has 0 aliphatic carbocycles. The Balaban J connectivity index is 4.04. The van der Waals surface area contributed by atoms with Gasteiger partial charge in [-0.2, -0.15) is 0 Å². The predicted molar refractivity (Wildman–Crippen MR) is 398 cm³/mol. The molecule has 0 rings (SSSR count). The molecule has 2 unspecified atom stereocenters. The fraction of sp³-hybridized carbons (Fsp3) is 0.679. The molecule has 0 aromatic carbocycles. The average molecular weight is 1290 g/mol. The van der Waals surface area contributed by atoms with E-state index in [4.69, 9.17) is 18.9 Å². The van der Waals surface area contributed by atoms with Crippen LogP contribution in [-0.4, -0.2) is 82.3 Å². The van der Waals surface area contributed by atoms with Crippen molar-refractivity contribution in [3.8, 4) is 0 Å². The number of quaternary nitrogens is 1. The van der Waals surface area contributed by atoms with Crippen LogP contribution in [0, 0.1) is 0 Å². The van der Waals surface area contributed by atoms with Crippen LogP contribution in [0.15, 0.2) is 146 Å². The first kappa shape index (κ1) is 88.2. The van der Waals surface area contributed by atoms with Crippen molar-refractivity contribution in [3.05, 3.63) is 146 Å². The third kappa shape index (κ3) is 74.4. The van der Waals surface area contributed by atoms with Crippen molar-refractivity contribution in [1.82, 2.24) is 0 Å². The number of ether oxygens (including phenoxy) is 4. The molecule has 0 aromatic rings. The van der Waals surface area contributed by atoms with Crippen molar-refractivity contribution >= 4 is 17.9 Å². The highest BCUT2D eigenvalue weighted by atomic mass is 16.7. The largest absolute Gasteiger partial charge is 0.545 e. The lowest BCUT2D eigenvalue weighted by Crippen LogP contribution is -2.44. The summed E-state index contributed by atoms with van der Waals surface area (Å²) >= 11 is 0. The van der Waals surface area contributed by atoms with Gasteiger partial charge in [0.1, 0.15) is 13.2 Å². The summed E-state index contributed by atoms with van der Waals surface area (Å²) in [6.45, 7) is 4.51. The van der Waals surface area contributed by atoms with E-state index in [1.807, 2.05) is 21.1 Å². The lowest BCUT2D eigenvalue weighted by Gasteiger charge is -2.26. The van der Waals surface area contributed by atoms with Crippen molar-refractivity contribution in [2.24, 2.45) is 0 Å². The van der Waals surface area contributed by atoms with Crippen LogP contribution in [0.1, 0.15) is 309 Å². The van der Waals surface area contributed by atoms with Gasteiger partial charge in [0.2, 0.25) is 0 Å². The highest BCUT2D eigenvalue weighted by molar-refractivity contribution is 5.70. The lowest BCUT2D eigenvalue weighted by molar-refractivity contribution is -0.870. The van der Waals surface area contributed by atoms with Crippen LogP contribution >= 0.6 is 0 Å².